The van der Waals surface area contributed by atoms with Crippen molar-refractivity contribution in [3.63, 3.8) is 0 Å². The summed E-state index contributed by atoms with van der Waals surface area (Å²) in [4.78, 5) is 12.1. The molecule has 2 nitrogen and oxygen atoms in total. The highest BCUT2D eigenvalue weighted by atomic mass is 16.1. The number of nitrogens with one attached hydrogen (secondary N) is 1. The van der Waals surface area contributed by atoms with Crippen LogP contribution in [-0.4, -0.2) is 5.91 Å². The topological polar surface area (TPSA) is 29.1 Å². The van der Waals surface area contributed by atoms with Crippen molar-refractivity contribution in [1.29, 1.82) is 0 Å². The van der Waals surface area contributed by atoms with E-state index in [0.29, 0.717) is 5.92 Å². The lowest BCUT2D eigenvalue weighted by Gasteiger charge is -2.15. The molecule has 1 aliphatic rings. The van der Waals surface area contributed by atoms with E-state index < -0.39 is 0 Å². The fraction of sp³-hybridized carbons (Fsp3) is 0.533. The molecule has 2 rings (SSSR count). The van der Waals surface area contributed by atoms with Gasteiger partial charge >= 0.3 is 0 Å². The Morgan fingerprint density at radius 2 is 1.76 bits per heavy atom. The molecule has 1 fully saturated rings. The van der Waals surface area contributed by atoms with Crippen LogP contribution < -0.4 is 5.32 Å². The van der Waals surface area contributed by atoms with Gasteiger partial charge in [-0.1, -0.05) is 24.6 Å². The average molecular weight is 231 g/mol. The molecule has 0 radical (unpaired) electrons. The van der Waals surface area contributed by atoms with Gasteiger partial charge in [0.25, 0.3) is 0 Å². The van der Waals surface area contributed by atoms with E-state index in [-0.39, 0.29) is 11.8 Å². The number of carbonyl (C=O) groups is 1. The van der Waals surface area contributed by atoms with Crippen LogP contribution in [0.4, 0.5) is 5.69 Å². The molecule has 1 aliphatic carbocycles. The molecule has 1 amide bonds. The molecule has 0 aliphatic heterocycles. The van der Waals surface area contributed by atoms with Gasteiger partial charge in [-0.2, -0.15) is 0 Å². The standard InChI is InChI=1S/C15H21NO/c1-9-7-10(2)14(11(3)8-9)16-15(17)12(4)13-5-6-13/h7-8,12-13H,5-6H2,1-4H3,(H,16,17). The van der Waals surface area contributed by atoms with Crippen LogP contribution in [0, 0.1) is 32.6 Å². The molecule has 17 heavy (non-hydrogen) atoms. The third-order valence-electron chi connectivity index (χ3n) is 3.67. The van der Waals surface area contributed by atoms with Gasteiger partial charge in [-0.25, -0.2) is 0 Å². The Morgan fingerprint density at radius 1 is 1.24 bits per heavy atom. The van der Waals surface area contributed by atoms with Crippen molar-refractivity contribution < 1.29 is 4.79 Å². The largest absolute Gasteiger partial charge is 0.325 e. The normalized spacial score (nSPS) is 16.7. The van der Waals surface area contributed by atoms with Crippen LogP contribution >= 0.6 is 0 Å². The Morgan fingerprint density at radius 3 is 2.24 bits per heavy atom. The zero-order valence-corrected chi connectivity index (χ0v) is 11.1. The first kappa shape index (κ1) is 12.2. The average Bonchev–Trinajstić information content (AvgIpc) is 3.05. The molecule has 0 aromatic heterocycles. The number of hydrogen-bond acceptors (Lipinski definition) is 1. The Kier molecular flexibility index (Phi) is 3.23. The van der Waals surface area contributed by atoms with E-state index in [1.165, 1.54) is 18.4 Å². The zero-order valence-electron chi connectivity index (χ0n) is 11.1. The summed E-state index contributed by atoms with van der Waals surface area (Å²) in [6, 6.07) is 4.23. The van der Waals surface area contributed by atoms with Gasteiger partial charge in [0.1, 0.15) is 0 Å². The number of rotatable bonds is 3. The summed E-state index contributed by atoms with van der Waals surface area (Å²) >= 11 is 0. The highest BCUT2D eigenvalue weighted by Crippen LogP contribution is 2.37. The van der Waals surface area contributed by atoms with E-state index in [1.807, 2.05) is 6.92 Å². The summed E-state index contributed by atoms with van der Waals surface area (Å²) in [5, 5.41) is 3.09. The van der Waals surface area contributed by atoms with Crippen LogP contribution in [0.3, 0.4) is 0 Å². The highest BCUT2D eigenvalue weighted by Gasteiger charge is 2.32. The summed E-state index contributed by atoms with van der Waals surface area (Å²) in [5.41, 5.74) is 4.54. The quantitative estimate of drug-likeness (QED) is 0.846. The predicted octanol–water partition coefficient (Wildman–Crippen LogP) is 3.60. The first-order valence-corrected chi connectivity index (χ1v) is 6.37. The maximum Gasteiger partial charge on any atom is 0.227 e. The molecule has 2 heteroatoms. The van der Waals surface area contributed by atoms with E-state index in [9.17, 15) is 4.79 Å². The third-order valence-corrected chi connectivity index (χ3v) is 3.67. The Balaban J connectivity index is 2.15. The van der Waals surface area contributed by atoms with E-state index in [0.717, 1.165) is 16.8 Å². The lowest BCUT2D eigenvalue weighted by molar-refractivity contribution is -0.119. The summed E-state index contributed by atoms with van der Waals surface area (Å²) in [6.45, 7) is 8.22. The van der Waals surface area contributed by atoms with E-state index in [2.05, 4.69) is 38.2 Å². The smallest absolute Gasteiger partial charge is 0.227 e. The molecule has 1 atom stereocenters. The summed E-state index contributed by atoms with van der Waals surface area (Å²) in [5.74, 6) is 0.929. The fourth-order valence-electron chi connectivity index (χ4n) is 2.42. The van der Waals surface area contributed by atoms with Crippen LogP contribution in [0.25, 0.3) is 0 Å². The maximum absolute atomic E-state index is 12.1. The van der Waals surface area contributed by atoms with Crippen LogP contribution in [0.2, 0.25) is 0 Å². The van der Waals surface area contributed by atoms with Crippen molar-refractivity contribution in [2.75, 3.05) is 5.32 Å². The predicted molar refractivity (Wildman–Crippen MR) is 71.2 cm³/mol. The van der Waals surface area contributed by atoms with Crippen LogP contribution in [0.15, 0.2) is 12.1 Å². The molecular weight excluding hydrogens is 210 g/mol. The van der Waals surface area contributed by atoms with Gasteiger partial charge in [0, 0.05) is 11.6 Å². The van der Waals surface area contributed by atoms with Crippen molar-refractivity contribution in [2.45, 2.75) is 40.5 Å². The molecule has 0 heterocycles. The van der Waals surface area contributed by atoms with Crippen LogP contribution in [-0.2, 0) is 4.79 Å². The Labute approximate surface area is 103 Å². The lowest BCUT2D eigenvalue weighted by Crippen LogP contribution is -2.22. The minimum absolute atomic E-state index is 0.148. The van der Waals surface area contributed by atoms with Gasteiger partial charge in [-0.05, 0) is 50.7 Å². The SMILES string of the molecule is Cc1cc(C)c(NC(=O)C(C)C2CC2)c(C)c1. The lowest BCUT2D eigenvalue weighted by atomic mass is 10.0. The second-order valence-electron chi connectivity index (χ2n) is 5.39. The van der Waals surface area contributed by atoms with Crippen molar-refractivity contribution in [2.24, 2.45) is 11.8 Å². The van der Waals surface area contributed by atoms with Crippen LogP contribution in [0.1, 0.15) is 36.5 Å². The number of carbonyl (C=O) groups excluding carboxylic acids is 1. The Bertz CT molecular complexity index is 423. The molecule has 1 aromatic carbocycles. The van der Waals surface area contributed by atoms with E-state index >= 15 is 0 Å². The summed E-state index contributed by atoms with van der Waals surface area (Å²) in [7, 11) is 0. The minimum atomic E-state index is 0.148. The van der Waals surface area contributed by atoms with E-state index in [1.54, 1.807) is 0 Å². The first-order valence-electron chi connectivity index (χ1n) is 6.37. The van der Waals surface area contributed by atoms with Gasteiger partial charge in [0.2, 0.25) is 5.91 Å². The third kappa shape index (κ3) is 2.68. The van der Waals surface area contributed by atoms with Crippen molar-refractivity contribution in [3.05, 3.63) is 28.8 Å². The molecule has 1 saturated carbocycles. The van der Waals surface area contributed by atoms with Crippen LogP contribution in [0.5, 0.6) is 0 Å². The molecule has 0 bridgehead atoms. The number of hydrogen-bond donors (Lipinski definition) is 1. The molecule has 0 spiro atoms. The number of benzene rings is 1. The van der Waals surface area contributed by atoms with Crippen molar-refractivity contribution in [3.8, 4) is 0 Å². The maximum atomic E-state index is 12.1. The number of anilines is 1. The molecule has 1 N–H and O–H groups in total. The molecule has 1 aromatic rings. The van der Waals surface area contributed by atoms with Crippen molar-refractivity contribution in [1.82, 2.24) is 0 Å². The van der Waals surface area contributed by atoms with Gasteiger partial charge in [0.05, 0.1) is 0 Å². The van der Waals surface area contributed by atoms with Crippen molar-refractivity contribution >= 4 is 11.6 Å². The second kappa shape index (κ2) is 4.52. The van der Waals surface area contributed by atoms with Gasteiger partial charge < -0.3 is 5.32 Å². The molecular formula is C15H21NO. The van der Waals surface area contributed by atoms with E-state index in [4.69, 9.17) is 0 Å². The first-order chi connectivity index (χ1) is 7.99. The second-order valence-corrected chi connectivity index (χ2v) is 5.39. The monoisotopic (exact) mass is 231 g/mol. The van der Waals surface area contributed by atoms with Gasteiger partial charge in [0.15, 0.2) is 0 Å². The molecule has 92 valence electrons. The molecule has 0 saturated heterocycles. The summed E-state index contributed by atoms with van der Waals surface area (Å²) < 4.78 is 0. The van der Waals surface area contributed by atoms with Gasteiger partial charge in [-0.3, -0.25) is 4.79 Å². The highest BCUT2D eigenvalue weighted by molar-refractivity contribution is 5.94. The number of aryl methyl sites for hydroxylation is 3. The number of amides is 1. The Hall–Kier alpha value is -1.31. The minimum Gasteiger partial charge on any atom is -0.325 e. The van der Waals surface area contributed by atoms with Gasteiger partial charge in [-0.15, -0.1) is 0 Å². The molecule has 1 unspecified atom stereocenters. The summed E-state index contributed by atoms with van der Waals surface area (Å²) in [6.07, 6.45) is 2.42. The zero-order chi connectivity index (χ0) is 12.6. The fourth-order valence-corrected chi connectivity index (χ4v) is 2.42.